The molecule has 0 aliphatic carbocycles. The third-order valence-electron chi connectivity index (χ3n) is 4.16. The number of anilines is 1. The molecule has 1 saturated heterocycles. The molecule has 1 atom stereocenters. The van der Waals surface area contributed by atoms with Crippen molar-refractivity contribution in [3.63, 3.8) is 0 Å². The monoisotopic (exact) mass is 326 g/mol. The van der Waals surface area contributed by atoms with E-state index in [1.54, 1.807) is 13.1 Å². The third kappa shape index (κ3) is 2.75. The number of aryl methyl sites for hydroxylation is 2. The zero-order valence-electron chi connectivity index (χ0n) is 13.6. The lowest BCUT2D eigenvalue weighted by molar-refractivity contribution is 0.331. The van der Waals surface area contributed by atoms with Gasteiger partial charge in [-0.3, -0.25) is 0 Å². The standard InChI is InChI=1S/C16H18N6O2/c1-10-18-15(23-20-10)12-5-4-8-22(9-12)14-13(6-3-7-17-14)16-19-11(2)21-24-16/h3,6-7,12H,4-5,8-9H2,1-2H3/t12-/m1/s1. The summed E-state index contributed by atoms with van der Waals surface area (Å²) in [7, 11) is 0. The lowest BCUT2D eigenvalue weighted by atomic mass is 9.97. The lowest BCUT2D eigenvalue weighted by Gasteiger charge is -2.32. The molecule has 0 N–H and O–H groups in total. The first-order valence-electron chi connectivity index (χ1n) is 8.01. The quantitative estimate of drug-likeness (QED) is 0.724. The van der Waals surface area contributed by atoms with Gasteiger partial charge in [-0.1, -0.05) is 10.3 Å². The predicted molar refractivity (Wildman–Crippen MR) is 85.5 cm³/mol. The van der Waals surface area contributed by atoms with Crippen LogP contribution in [0.1, 0.15) is 36.3 Å². The molecule has 8 nitrogen and oxygen atoms in total. The van der Waals surface area contributed by atoms with Gasteiger partial charge in [0.2, 0.25) is 5.89 Å². The number of rotatable bonds is 3. The van der Waals surface area contributed by atoms with E-state index in [0.29, 0.717) is 23.4 Å². The summed E-state index contributed by atoms with van der Waals surface area (Å²) < 4.78 is 10.7. The Morgan fingerprint density at radius 2 is 1.96 bits per heavy atom. The molecule has 0 saturated carbocycles. The van der Waals surface area contributed by atoms with Gasteiger partial charge in [0.05, 0.1) is 11.5 Å². The molecule has 0 spiro atoms. The van der Waals surface area contributed by atoms with Crippen molar-refractivity contribution in [2.24, 2.45) is 0 Å². The van der Waals surface area contributed by atoms with Gasteiger partial charge in [-0.15, -0.1) is 0 Å². The van der Waals surface area contributed by atoms with Crippen LogP contribution in [-0.4, -0.2) is 38.4 Å². The molecule has 4 rings (SSSR count). The Morgan fingerprint density at radius 3 is 2.71 bits per heavy atom. The summed E-state index contributed by atoms with van der Waals surface area (Å²) in [6.45, 7) is 5.33. The second kappa shape index (κ2) is 6.03. The molecular formula is C16H18N6O2. The third-order valence-corrected chi connectivity index (χ3v) is 4.16. The zero-order valence-corrected chi connectivity index (χ0v) is 13.6. The summed E-state index contributed by atoms with van der Waals surface area (Å²) in [6, 6.07) is 3.83. The maximum Gasteiger partial charge on any atom is 0.261 e. The van der Waals surface area contributed by atoms with E-state index < -0.39 is 0 Å². The van der Waals surface area contributed by atoms with Crippen LogP contribution < -0.4 is 4.90 Å². The summed E-state index contributed by atoms with van der Waals surface area (Å²) in [5.41, 5.74) is 0.848. The fraction of sp³-hybridized carbons (Fsp3) is 0.438. The van der Waals surface area contributed by atoms with Crippen molar-refractivity contribution in [1.29, 1.82) is 0 Å². The normalized spacial score (nSPS) is 18.1. The van der Waals surface area contributed by atoms with E-state index in [1.807, 2.05) is 19.1 Å². The Morgan fingerprint density at radius 1 is 1.12 bits per heavy atom. The minimum Gasteiger partial charge on any atom is -0.355 e. The van der Waals surface area contributed by atoms with Gasteiger partial charge in [0.15, 0.2) is 11.6 Å². The molecule has 1 aliphatic heterocycles. The minimum absolute atomic E-state index is 0.208. The molecule has 24 heavy (non-hydrogen) atoms. The number of piperidine rings is 1. The Kier molecular flexibility index (Phi) is 3.72. The summed E-state index contributed by atoms with van der Waals surface area (Å²) >= 11 is 0. The number of hydrogen-bond acceptors (Lipinski definition) is 8. The molecule has 0 amide bonds. The second-order valence-corrected chi connectivity index (χ2v) is 5.99. The van der Waals surface area contributed by atoms with Gasteiger partial charge in [-0.2, -0.15) is 9.97 Å². The maximum atomic E-state index is 5.36. The summed E-state index contributed by atoms with van der Waals surface area (Å²) in [5, 5.41) is 7.78. The highest BCUT2D eigenvalue weighted by molar-refractivity contribution is 5.69. The van der Waals surface area contributed by atoms with E-state index in [-0.39, 0.29) is 5.92 Å². The molecule has 124 valence electrons. The van der Waals surface area contributed by atoms with Gasteiger partial charge < -0.3 is 13.9 Å². The van der Waals surface area contributed by atoms with Crippen LogP contribution in [-0.2, 0) is 0 Å². The van der Waals surface area contributed by atoms with Crippen LogP contribution in [0.5, 0.6) is 0 Å². The fourth-order valence-corrected chi connectivity index (χ4v) is 3.07. The number of hydrogen-bond donors (Lipinski definition) is 0. The van der Waals surface area contributed by atoms with Crippen molar-refractivity contribution in [3.05, 3.63) is 35.9 Å². The molecule has 1 fully saturated rings. The number of nitrogens with zero attached hydrogens (tertiary/aromatic N) is 6. The molecular weight excluding hydrogens is 308 g/mol. The molecule has 1 aliphatic rings. The molecule has 0 unspecified atom stereocenters. The van der Waals surface area contributed by atoms with Crippen LogP contribution >= 0.6 is 0 Å². The average molecular weight is 326 g/mol. The van der Waals surface area contributed by atoms with E-state index in [2.05, 4.69) is 30.2 Å². The van der Waals surface area contributed by atoms with Gasteiger partial charge in [0.25, 0.3) is 5.89 Å². The molecule has 0 radical (unpaired) electrons. The maximum absolute atomic E-state index is 5.36. The SMILES string of the molecule is Cc1noc(-c2cccnc2N2CCC[C@@H](c3nc(C)no3)C2)n1. The van der Waals surface area contributed by atoms with Gasteiger partial charge >= 0.3 is 0 Å². The number of aromatic nitrogens is 5. The van der Waals surface area contributed by atoms with E-state index >= 15 is 0 Å². The first kappa shape index (κ1) is 14.8. The van der Waals surface area contributed by atoms with Crippen LogP contribution in [0.15, 0.2) is 27.4 Å². The van der Waals surface area contributed by atoms with E-state index in [9.17, 15) is 0 Å². The van der Waals surface area contributed by atoms with Crippen LogP contribution in [0.25, 0.3) is 11.5 Å². The molecule has 4 heterocycles. The topological polar surface area (TPSA) is 94.0 Å². The Labute approximate surface area is 138 Å². The van der Waals surface area contributed by atoms with Gasteiger partial charge in [0.1, 0.15) is 5.82 Å². The second-order valence-electron chi connectivity index (χ2n) is 5.99. The average Bonchev–Trinajstić information content (AvgIpc) is 3.23. The van der Waals surface area contributed by atoms with Crippen molar-refractivity contribution >= 4 is 5.82 Å². The Balaban J connectivity index is 1.64. The summed E-state index contributed by atoms with van der Waals surface area (Å²) in [4.78, 5) is 15.5. The van der Waals surface area contributed by atoms with Gasteiger partial charge in [-0.05, 0) is 38.8 Å². The van der Waals surface area contributed by atoms with E-state index in [0.717, 1.165) is 37.3 Å². The van der Waals surface area contributed by atoms with Gasteiger partial charge in [-0.25, -0.2) is 4.98 Å². The lowest BCUT2D eigenvalue weighted by Crippen LogP contribution is -2.35. The van der Waals surface area contributed by atoms with Crippen molar-refractivity contribution in [2.75, 3.05) is 18.0 Å². The highest BCUT2D eigenvalue weighted by Gasteiger charge is 2.28. The molecule has 8 heteroatoms. The molecule has 0 bridgehead atoms. The van der Waals surface area contributed by atoms with Crippen LogP contribution in [0.4, 0.5) is 5.82 Å². The highest BCUT2D eigenvalue weighted by atomic mass is 16.5. The smallest absolute Gasteiger partial charge is 0.261 e. The van der Waals surface area contributed by atoms with Crippen LogP contribution in [0.3, 0.4) is 0 Å². The predicted octanol–water partition coefficient (Wildman–Crippen LogP) is 2.52. The van der Waals surface area contributed by atoms with Crippen molar-refractivity contribution in [3.8, 4) is 11.5 Å². The van der Waals surface area contributed by atoms with Crippen LogP contribution in [0.2, 0.25) is 0 Å². The first-order valence-corrected chi connectivity index (χ1v) is 8.01. The largest absolute Gasteiger partial charge is 0.355 e. The minimum atomic E-state index is 0.208. The molecule has 3 aromatic heterocycles. The fourth-order valence-electron chi connectivity index (χ4n) is 3.07. The number of pyridine rings is 1. The molecule has 3 aromatic rings. The zero-order chi connectivity index (χ0) is 16.5. The summed E-state index contributed by atoms with van der Waals surface area (Å²) in [5.74, 6) is 3.52. The Bertz CT molecular complexity index is 842. The summed E-state index contributed by atoms with van der Waals surface area (Å²) in [6.07, 6.45) is 3.84. The van der Waals surface area contributed by atoms with Crippen molar-refractivity contribution < 1.29 is 9.05 Å². The van der Waals surface area contributed by atoms with Gasteiger partial charge in [0, 0.05) is 19.3 Å². The highest BCUT2D eigenvalue weighted by Crippen LogP contribution is 2.33. The van der Waals surface area contributed by atoms with Crippen LogP contribution in [0, 0.1) is 13.8 Å². The van der Waals surface area contributed by atoms with E-state index in [4.69, 9.17) is 9.05 Å². The van der Waals surface area contributed by atoms with Crippen molar-refractivity contribution in [1.82, 2.24) is 25.3 Å². The molecule has 0 aromatic carbocycles. The Hall–Kier alpha value is -2.77. The van der Waals surface area contributed by atoms with Crippen molar-refractivity contribution in [2.45, 2.75) is 32.6 Å². The van der Waals surface area contributed by atoms with E-state index in [1.165, 1.54) is 0 Å². The first-order chi connectivity index (χ1) is 11.7.